The van der Waals surface area contributed by atoms with Gasteiger partial charge in [-0.2, -0.15) is 5.26 Å². The van der Waals surface area contributed by atoms with Crippen molar-refractivity contribution in [3.63, 3.8) is 0 Å². The van der Waals surface area contributed by atoms with Crippen molar-refractivity contribution >= 4 is 11.2 Å². The third-order valence-electron chi connectivity index (χ3n) is 2.94. The van der Waals surface area contributed by atoms with Crippen molar-refractivity contribution in [2.24, 2.45) is 0 Å². The van der Waals surface area contributed by atoms with E-state index in [-0.39, 0.29) is 0 Å². The summed E-state index contributed by atoms with van der Waals surface area (Å²) < 4.78 is 2.15. The van der Waals surface area contributed by atoms with Gasteiger partial charge in [-0.1, -0.05) is 13.8 Å². The molecule has 0 N–H and O–H groups in total. The summed E-state index contributed by atoms with van der Waals surface area (Å²) in [5, 5.41) is 8.63. The van der Waals surface area contributed by atoms with Crippen LogP contribution in [0.15, 0.2) is 12.3 Å². The molecule has 0 aliphatic heterocycles. The molecule has 4 nitrogen and oxygen atoms in total. The lowest BCUT2D eigenvalue weighted by Gasteiger charge is -2.09. The summed E-state index contributed by atoms with van der Waals surface area (Å²) in [6, 6.07) is 4.25. The highest BCUT2D eigenvalue weighted by Gasteiger charge is 2.14. The highest BCUT2D eigenvalue weighted by atomic mass is 15.1. The third kappa shape index (κ3) is 2.35. The monoisotopic (exact) mass is 242 g/mol. The Bertz CT molecular complexity index is 590. The van der Waals surface area contributed by atoms with Crippen LogP contribution in [0.2, 0.25) is 0 Å². The Morgan fingerprint density at radius 3 is 2.89 bits per heavy atom. The molecule has 0 atom stereocenters. The van der Waals surface area contributed by atoms with Gasteiger partial charge in [0.15, 0.2) is 5.65 Å². The summed E-state index contributed by atoms with van der Waals surface area (Å²) in [5.74, 6) is 1.42. The van der Waals surface area contributed by atoms with Crippen LogP contribution in [0, 0.1) is 18.3 Å². The molecule has 0 fully saturated rings. The van der Waals surface area contributed by atoms with Crippen molar-refractivity contribution in [1.82, 2.24) is 14.5 Å². The molecule has 0 aliphatic carbocycles. The predicted molar refractivity (Wildman–Crippen MR) is 71.2 cm³/mol. The summed E-state index contributed by atoms with van der Waals surface area (Å²) in [7, 11) is 0. The zero-order chi connectivity index (χ0) is 13.1. The molecule has 0 bridgehead atoms. The number of aromatic nitrogens is 3. The molecule has 2 rings (SSSR count). The maximum Gasteiger partial charge on any atom is 0.160 e. The van der Waals surface area contributed by atoms with E-state index >= 15 is 0 Å². The fraction of sp³-hybridized carbons (Fsp3) is 0.500. The number of fused-ring (bicyclic) bond motifs is 1. The standard InChI is InChI=1S/C14H18N4/c1-10(2)13-17-12-8-11(3)9-16-14(12)18(13)7-5-4-6-15/h8-10H,4-5,7H2,1-3H3. The first-order chi connectivity index (χ1) is 8.63. The molecule has 0 radical (unpaired) electrons. The number of hydrogen-bond acceptors (Lipinski definition) is 3. The first kappa shape index (κ1) is 12.6. The number of hydrogen-bond donors (Lipinski definition) is 0. The number of nitrogens with zero attached hydrogens (tertiary/aromatic N) is 4. The molecular formula is C14H18N4. The van der Waals surface area contributed by atoms with E-state index in [1.165, 1.54) is 0 Å². The molecule has 4 heteroatoms. The predicted octanol–water partition coefficient (Wildman–Crippen LogP) is 3.17. The van der Waals surface area contributed by atoms with Crippen molar-refractivity contribution in [3.05, 3.63) is 23.7 Å². The quantitative estimate of drug-likeness (QED) is 0.774. The summed E-state index contributed by atoms with van der Waals surface area (Å²) in [6.45, 7) is 7.10. The summed E-state index contributed by atoms with van der Waals surface area (Å²) >= 11 is 0. The highest BCUT2D eigenvalue weighted by Crippen LogP contribution is 2.21. The van der Waals surface area contributed by atoms with Gasteiger partial charge in [-0.05, 0) is 25.0 Å². The largest absolute Gasteiger partial charge is 0.312 e. The van der Waals surface area contributed by atoms with Crippen molar-refractivity contribution in [1.29, 1.82) is 5.26 Å². The number of unbranched alkanes of at least 4 members (excludes halogenated alkanes) is 1. The van der Waals surface area contributed by atoms with Gasteiger partial charge >= 0.3 is 0 Å². The van der Waals surface area contributed by atoms with Gasteiger partial charge in [-0.15, -0.1) is 0 Å². The van der Waals surface area contributed by atoms with Crippen LogP contribution in [0.3, 0.4) is 0 Å². The Kier molecular flexibility index (Phi) is 3.61. The van der Waals surface area contributed by atoms with Gasteiger partial charge in [0.2, 0.25) is 0 Å². The third-order valence-corrected chi connectivity index (χ3v) is 2.94. The maximum atomic E-state index is 8.63. The lowest BCUT2D eigenvalue weighted by molar-refractivity contribution is 0.605. The van der Waals surface area contributed by atoms with Crippen molar-refractivity contribution in [3.8, 4) is 6.07 Å². The minimum atomic E-state index is 0.363. The Balaban J connectivity index is 2.46. The van der Waals surface area contributed by atoms with Crippen LogP contribution in [0.1, 0.15) is 44.0 Å². The van der Waals surface area contributed by atoms with Crippen LogP contribution in [-0.2, 0) is 6.54 Å². The van der Waals surface area contributed by atoms with Gasteiger partial charge in [-0.25, -0.2) is 9.97 Å². The Labute approximate surface area is 107 Å². The molecule has 0 amide bonds. The lowest BCUT2D eigenvalue weighted by atomic mass is 10.2. The number of rotatable bonds is 4. The Morgan fingerprint density at radius 1 is 1.44 bits per heavy atom. The van der Waals surface area contributed by atoms with Gasteiger partial charge < -0.3 is 4.57 Å². The SMILES string of the molecule is Cc1cnc2c(c1)nc(C(C)C)n2CCCC#N. The number of pyridine rings is 1. The molecule has 2 aromatic heterocycles. The van der Waals surface area contributed by atoms with E-state index in [4.69, 9.17) is 5.26 Å². The fourth-order valence-corrected chi connectivity index (χ4v) is 2.11. The minimum absolute atomic E-state index is 0.363. The molecule has 2 aromatic rings. The van der Waals surface area contributed by atoms with E-state index < -0.39 is 0 Å². The number of aryl methyl sites for hydroxylation is 2. The summed E-state index contributed by atoms with van der Waals surface area (Å²) in [5.41, 5.74) is 3.01. The zero-order valence-corrected chi connectivity index (χ0v) is 11.1. The van der Waals surface area contributed by atoms with Crippen LogP contribution in [0.4, 0.5) is 0 Å². The van der Waals surface area contributed by atoms with Crippen molar-refractivity contribution in [2.45, 2.75) is 46.1 Å². The Hall–Kier alpha value is -1.89. The van der Waals surface area contributed by atoms with Crippen molar-refractivity contribution < 1.29 is 0 Å². The van der Waals surface area contributed by atoms with Crippen molar-refractivity contribution in [2.75, 3.05) is 0 Å². The van der Waals surface area contributed by atoms with Gasteiger partial charge in [-0.3, -0.25) is 0 Å². The number of nitriles is 1. The Morgan fingerprint density at radius 2 is 2.22 bits per heavy atom. The maximum absolute atomic E-state index is 8.63. The van der Waals surface area contributed by atoms with Gasteiger partial charge in [0, 0.05) is 25.1 Å². The number of imidazole rings is 1. The van der Waals surface area contributed by atoms with Crippen LogP contribution in [0.25, 0.3) is 11.2 Å². The molecule has 0 aromatic carbocycles. The second-order valence-corrected chi connectivity index (χ2v) is 4.89. The topological polar surface area (TPSA) is 54.5 Å². The normalized spacial score (nSPS) is 11.1. The molecule has 0 saturated heterocycles. The van der Waals surface area contributed by atoms with E-state index in [1.807, 2.05) is 13.1 Å². The molecule has 18 heavy (non-hydrogen) atoms. The first-order valence-electron chi connectivity index (χ1n) is 6.33. The zero-order valence-electron chi connectivity index (χ0n) is 11.1. The van der Waals surface area contributed by atoms with E-state index in [0.29, 0.717) is 12.3 Å². The highest BCUT2D eigenvalue weighted by molar-refractivity contribution is 5.72. The molecular weight excluding hydrogens is 224 g/mol. The van der Waals surface area contributed by atoms with E-state index in [9.17, 15) is 0 Å². The van der Waals surface area contributed by atoms with E-state index in [2.05, 4.69) is 40.5 Å². The lowest BCUT2D eigenvalue weighted by Crippen LogP contribution is -2.06. The smallest absolute Gasteiger partial charge is 0.160 e. The van der Waals surface area contributed by atoms with E-state index in [0.717, 1.165) is 35.5 Å². The molecule has 0 aliphatic rings. The summed E-state index contributed by atoms with van der Waals surface area (Å²) in [6.07, 6.45) is 3.29. The fourth-order valence-electron chi connectivity index (χ4n) is 2.11. The van der Waals surface area contributed by atoms with E-state index in [1.54, 1.807) is 0 Å². The second-order valence-electron chi connectivity index (χ2n) is 4.89. The van der Waals surface area contributed by atoms with Crippen LogP contribution in [0.5, 0.6) is 0 Å². The molecule has 0 saturated carbocycles. The average molecular weight is 242 g/mol. The van der Waals surface area contributed by atoms with Crippen LogP contribution < -0.4 is 0 Å². The molecule has 0 unspecified atom stereocenters. The summed E-state index contributed by atoms with van der Waals surface area (Å²) in [4.78, 5) is 9.15. The van der Waals surface area contributed by atoms with Gasteiger partial charge in [0.25, 0.3) is 0 Å². The second kappa shape index (κ2) is 5.18. The van der Waals surface area contributed by atoms with Gasteiger partial charge in [0.1, 0.15) is 11.3 Å². The van der Waals surface area contributed by atoms with Crippen LogP contribution >= 0.6 is 0 Å². The average Bonchev–Trinajstić information content (AvgIpc) is 2.68. The minimum Gasteiger partial charge on any atom is -0.312 e. The van der Waals surface area contributed by atoms with Crippen LogP contribution in [-0.4, -0.2) is 14.5 Å². The van der Waals surface area contributed by atoms with Gasteiger partial charge in [0.05, 0.1) is 6.07 Å². The first-order valence-corrected chi connectivity index (χ1v) is 6.33. The molecule has 2 heterocycles. The molecule has 94 valence electrons. The molecule has 0 spiro atoms.